The van der Waals surface area contributed by atoms with Crippen molar-refractivity contribution in [1.82, 2.24) is 5.32 Å². The molecule has 0 aliphatic carbocycles. The normalized spacial score (nSPS) is 12.4. The van der Waals surface area contributed by atoms with Crippen LogP contribution in [0, 0.1) is 0 Å². The van der Waals surface area contributed by atoms with Gasteiger partial charge in [-0.25, -0.2) is 0 Å². The maximum absolute atomic E-state index is 6.45. The van der Waals surface area contributed by atoms with Crippen LogP contribution in [0.3, 0.4) is 0 Å². The Hall–Kier alpha value is -0.730. The van der Waals surface area contributed by atoms with Gasteiger partial charge in [0.15, 0.2) is 0 Å². The third-order valence-corrected chi connectivity index (χ3v) is 3.98. The second-order valence-corrected chi connectivity index (χ2v) is 5.92. The highest BCUT2D eigenvalue weighted by Gasteiger charge is 2.10. The van der Waals surface area contributed by atoms with Crippen LogP contribution in [0.15, 0.2) is 18.2 Å². The molecule has 1 N–H and O–H groups in total. The molecule has 0 aliphatic rings. The molecule has 1 atom stereocenters. The van der Waals surface area contributed by atoms with Crippen LogP contribution in [-0.4, -0.2) is 20.1 Å². The third-order valence-electron chi connectivity index (χ3n) is 3.68. The molecule has 0 amide bonds. The van der Waals surface area contributed by atoms with Crippen molar-refractivity contribution in [2.24, 2.45) is 0 Å². The van der Waals surface area contributed by atoms with Gasteiger partial charge in [0.25, 0.3) is 0 Å². The van der Waals surface area contributed by atoms with Crippen molar-refractivity contribution in [3.63, 3.8) is 0 Å². The third kappa shape index (κ3) is 5.34. The summed E-state index contributed by atoms with van der Waals surface area (Å²) in [7, 11) is 2.12. The lowest BCUT2D eigenvalue weighted by Crippen LogP contribution is -2.21. The first-order valence-electron chi connectivity index (χ1n) is 7.84. The molecule has 0 heterocycles. The number of anilines is 1. The quantitative estimate of drug-likeness (QED) is 0.643. The van der Waals surface area contributed by atoms with E-state index in [0.29, 0.717) is 6.04 Å². The summed E-state index contributed by atoms with van der Waals surface area (Å²) in [6, 6.07) is 6.78. The van der Waals surface area contributed by atoms with Crippen LogP contribution < -0.4 is 10.2 Å². The molecular formula is C17H29ClN2. The summed E-state index contributed by atoms with van der Waals surface area (Å²) in [6.45, 7) is 8.70. The number of unbranched alkanes of at least 4 members (excludes halogenated alkanes) is 2. The Labute approximate surface area is 129 Å². The highest BCUT2D eigenvalue weighted by molar-refractivity contribution is 6.33. The van der Waals surface area contributed by atoms with Gasteiger partial charge >= 0.3 is 0 Å². The monoisotopic (exact) mass is 296 g/mol. The van der Waals surface area contributed by atoms with Crippen LogP contribution in [0.25, 0.3) is 0 Å². The average molecular weight is 297 g/mol. The number of halogens is 1. The summed E-state index contributed by atoms with van der Waals surface area (Å²) in [4.78, 5) is 2.26. The molecule has 3 heteroatoms. The molecule has 114 valence electrons. The molecule has 0 spiro atoms. The number of benzene rings is 1. The zero-order valence-corrected chi connectivity index (χ0v) is 14.1. The maximum Gasteiger partial charge on any atom is 0.0642 e. The van der Waals surface area contributed by atoms with E-state index in [9.17, 15) is 0 Å². The van der Waals surface area contributed by atoms with Crippen LogP contribution in [0.2, 0.25) is 5.02 Å². The Bertz CT molecular complexity index is 393. The van der Waals surface area contributed by atoms with Gasteiger partial charge in [0, 0.05) is 19.6 Å². The molecular weight excluding hydrogens is 268 g/mol. The largest absolute Gasteiger partial charge is 0.373 e. The van der Waals surface area contributed by atoms with Crippen molar-refractivity contribution < 1.29 is 0 Å². The highest BCUT2D eigenvalue weighted by Crippen LogP contribution is 2.28. The first-order valence-corrected chi connectivity index (χ1v) is 8.21. The molecule has 1 aromatic rings. The molecule has 0 radical (unpaired) electrons. The van der Waals surface area contributed by atoms with E-state index < -0.39 is 0 Å². The van der Waals surface area contributed by atoms with Gasteiger partial charge < -0.3 is 10.2 Å². The van der Waals surface area contributed by atoms with Gasteiger partial charge in [-0.1, -0.05) is 44.4 Å². The Morgan fingerprint density at radius 1 is 1.20 bits per heavy atom. The molecule has 0 aliphatic heterocycles. The fourth-order valence-corrected chi connectivity index (χ4v) is 2.63. The fraction of sp³-hybridized carbons (Fsp3) is 0.647. The summed E-state index contributed by atoms with van der Waals surface area (Å²) >= 11 is 6.45. The number of nitrogens with one attached hydrogen (secondary N) is 1. The van der Waals surface area contributed by atoms with Crippen LogP contribution in [-0.2, 0) is 0 Å². The first-order chi connectivity index (χ1) is 9.60. The van der Waals surface area contributed by atoms with Gasteiger partial charge in [0.2, 0.25) is 0 Å². The second kappa shape index (κ2) is 9.25. The lowest BCUT2D eigenvalue weighted by atomic mass is 10.1. The summed E-state index contributed by atoms with van der Waals surface area (Å²) in [5.74, 6) is 0. The van der Waals surface area contributed by atoms with Crippen LogP contribution in [0.5, 0.6) is 0 Å². The lowest BCUT2D eigenvalue weighted by Gasteiger charge is -2.22. The Kier molecular flexibility index (Phi) is 8.01. The van der Waals surface area contributed by atoms with E-state index in [4.69, 9.17) is 11.6 Å². The molecule has 1 aromatic carbocycles. The summed E-state index contributed by atoms with van der Waals surface area (Å²) in [5.41, 5.74) is 2.39. The van der Waals surface area contributed by atoms with Crippen LogP contribution in [0.4, 0.5) is 5.69 Å². The minimum atomic E-state index is 0.354. The smallest absolute Gasteiger partial charge is 0.0642 e. The van der Waals surface area contributed by atoms with E-state index in [1.807, 2.05) is 0 Å². The zero-order chi connectivity index (χ0) is 15.0. The van der Waals surface area contributed by atoms with Gasteiger partial charge in [-0.05, 0) is 44.0 Å². The molecule has 0 bridgehead atoms. The van der Waals surface area contributed by atoms with Gasteiger partial charge in [-0.2, -0.15) is 0 Å². The number of hydrogen-bond acceptors (Lipinski definition) is 2. The topological polar surface area (TPSA) is 15.3 Å². The molecule has 0 saturated heterocycles. The van der Waals surface area contributed by atoms with Crippen molar-refractivity contribution in [1.29, 1.82) is 0 Å². The van der Waals surface area contributed by atoms with E-state index in [0.717, 1.165) is 30.2 Å². The van der Waals surface area contributed by atoms with Crippen molar-refractivity contribution in [3.05, 3.63) is 28.8 Å². The predicted molar refractivity (Wildman–Crippen MR) is 91.0 cm³/mol. The lowest BCUT2D eigenvalue weighted by molar-refractivity contribution is 0.570. The van der Waals surface area contributed by atoms with Gasteiger partial charge in [-0.3, -0.25) is 0 Å². The first kappa shape index (κ1) is 17.3. The summed E-state index contributed by atoms with van der Waals surface area (Å²) in [6.07, 6.45) is 4.90. The van der Waals surface area contributed by atoms with Crippen molar-refractivity contribution >= 4 is 17.3 Å². The number of rotatable bonds is 9. The molecule has 2 nitrogen and oxygen atoms in total. The second-order valence-electron chi connectivity index (χ2n) is 5.52. The fourth-order valence-electron chi connectivity index (χ4n) is 2.30. The SMILES string of the molecule is CCCCCN(C)c1ccc(C(C)NCCC)cc1Cl. The maximum atomic E-state index is 6.45. The molecule has 1 unspecified atom stereocenters. The van der Waals surface area contributed by atoms with Gasteiger partial charge in [0.05, 0.1) is 10.7 Å². The average Bonchev–Trinajstić information content (AvgIpc) is 2.44. The van der Waals surface area contributed by atoms with E-state index >= 15 is 0 Å². The van der Waals surface area contributed by atoms with Gasteiger partial charge in [-0.15, -0.1) is 0 Å². The highest BCUT2D eigenvalue weighted by atomic mass is 35.5. The molecule has 0 saturated carbocycles. The van der Waals surface area contributed by atoms with Crippen molar-refractivity contribution in [2.45, 2.75) is 52.5 Å². The molecule has 1 rings (SSSR count). The number of hydrogen-bond donors (Lipinski definition) is 1. The van der Waals surface area contributed by atoms with E-state index in [1.54, 1.807) is 0 Å². The predicted octanol–water partition coefficient (Wildman–Crippen LogP) is 5.03. The Morgan fingerprint density at radius 3 is 2.55 bits per heavy atom. The standard InChI is InChI=1S/C17H29ClN2/c1-5-7-8-12-20(4)17-10-9-15(13-16(17)18)14(3)19-11-6-2/h9-10,13-14,19H,5-8,11-12H2,1-4H3. The van der Waals surface area contributed by atoms with E-state index in [2.05, 4.69) is 56.2 Å². The summed E-state index contributed by atoms with van der Waals surface area (Å²) in [5, 5.41) is 4.35. The minimum absolute atomic E-state index is 0.354. The minimum Gasteiger partial charge on any atom is -0.373 e. The molecule has 0 aromatic heterocycles. The number of nitrogens with zero attached hydrogens (tertiary/aromatic N) is 1. The van der Waals surface area contributed by atoms with Gasteiger partial charge in [0.1, 0.15) is 0 Å². The van der Waals surface area contributed by atoms with Crippen molar-refractivity contribution in [3.8, 4) is 0 Å². The Balaban J connectivity index is 2.67. The van der Waals surface area contributed by atoms with Crippen LogP contribution >= 0.6 is 11.6 Å². The van der Waals surface area contributed by atoms with E-state index in [1.165, 1.54) is 24.8 Å². The molecule has 0 fully saturated rings. The summed E-state index contributed by atoms with van der Waals surface area (Å²) < 4.78 is 0. The Morgan fingerprint density at radius 2 is 1.95 bits per heavy atom. The van der Waals surface area contributed by atoms with Crippen molar-refractivity contribution in [2.75, 3.05) is 25.0 Å². The molecule has 20 heavy (non-hydrogen) atoms. The zero-order valence-electron chi connectivity index (χ0n) is 13.4. The van der Waals surface area contributed by atoms with E-state index in [-0.39, 0.29) is 0 Å². The van der Waals surface area contributed by atoms with Crippen LogP contribution in [0.1, 0.15) is 58.1 Å².